The number of fused-ring (bicyclic) bond motifs is 1. The molecule has 2 heterocycles. The number of carbonyl (C=O) groups is 1. The second-order valence-corrected chi connectivity index (χ2v) is 8.60. The molecule has 0 aliphatic carbocycles. The fourth-order valence-electron chi connectivity index (χ4n) is 3.56. The SMILES string of the molecule is CCCc1nnc2n1N[C@@H](c1ccc(F)cc1)[C@@H](C(=O)Nc1ccc(C)cc1C)S2. The number of rotatable bonds is 5. The molecular weight excluding hydrogens is 401 g/mol. The summed E-state index contributed by atoms with van der Waals surface area (Å²) in [4.78, 5) is 13.3. The number of nitrogens with zero attached hydrogens (tertiary/aromatic N) is 3. The molecule has 2 N–H and O–H groups in total. The number of hydrogen-bond donors (Lipinski definition) is 2. The summed E-state index contributed by atoms with van der Waals surface area (Å²) in [6.45, 7) is 6.07. The van der Waals surface area contributed by atoms with E-state index in [1.165, 1.54) is 23.9 Å². The summed E-state index contributed by atoms with van der Waals surface area (Å²) >= 11 is 1.37. The molecule has 2 aromatic carbocycles. The molecule has 0 unspecified atom stereocenters. The van der Waals surface area contributed by atoms with Crippen molar-refractivity contribution in [3.63, 3.8) is 0 Å². The van der Waals surface area contributed by atoms with Crippen LogP contribution < -0.4 is 10.7 Å². The van der Waals surface area contributed by atoms with E-state index in [-0.39, 0.29) is 17.8 Å². The maximum atomic E-state index is 13.5. The smallest absolute Gasteiger partial charge is 0.240 e. The number of hydrogen-bond acceptors (Lipinski definition) is 5. The predicted molar refractivity (Wildman–Crippen MR) is 117 cm³/mol. The highest BCUT2D eigenvalue weighted by Gasteiger charge is 2.37. The van der Waals surface area contributed by atoms with Gasteiger partial charge in [-0.05, 0) is 49.6 Å². The molecule has 156 valence electrons. The predicted octanol–water partition coefficient (Wildman–Crippen LogP) is 4.38. The van der Waals surface area contributed by atoms with Crippen molar-refractivity contribution < 1.29 is 9.18 Å². The highest BCUT2D eigenvalue weighted by Crippen LogP contribution is 2.38. The van der Waals surface area contributed by atoms with Crippen molar-refractivity contribution in [1.29, 1.82) is 0 Å². The van der Waals surface area contributed by atoms with Gasteiger partial charge in [0.15, 0.2) is 5.82 Å². The maximum Gasteiger partial charge on any atom is 0.240 e. The van der Waals surface area contributed by atoms with Crippen molar-refractivity contribution in [2.24, 2.45) is 0 Å². The van der Waals surface area contributed by atoms with Crippen LogP contribution in [-0.4, -0.2) is 26.0 Å². The number of nitrogens with one attached hydrogen (secondary N) is 2. The van der Waals surface area contributed by atoms with Crippen LogP contribution in [0.3, 0.4) is 0 Å². The second-order valence-electron chi connectivity index (χ2n) is 7.49. The van der Waals surface area contributed by atoms with E-state index in [1.807, 2.05) is 36.7 Å². The molecule has 30 heavy (non-hydrogen) atoms. The highest BCUT2D eigenvalue weighted by molar-refractivity contribution is 8.00. The van der Waals surface area contributed by atoms with E-state index in [2.05, 4.69) is 27.9 Å². The standard InChI is InChI=1S/C22H24FN5OS/c1-4-5-18-25-26-22-28(18)27-19(15-7-9-16(23)10-8-15)20(30-22)21(29)24-17-11-6-13(2)12-14(17)3/h6-12,19-20,27H,4-5H2,1-3H3,(H,24,29)/t19-,20-/m0/s1. The maximum absolute atomic E-state index is 13.5. The van der Waals surface area contributed by atoms with Crippen molar-refractivity contribution in [3.8, 4) is 0 Å². The van der Waals surface area contributed by atoms with Gasteiger partial charge in [0.2, 0.25) is 11.1 Å². The quantitative estimate of drug-likeness (QED) is 0.635. The van der Waals surface area contributed by atoms with Gasteiger partial charge in [0, 0.05) is 12.1 Å². The zero-order valence-electron chi connectivity index (χ0n) is 17.1. The van der Waals surface area contributed by atoms with Crippen LogP contribution in [0.4, 0.5) is 10.1 Å². The van der Waals surface area contributed by atoms with Crippen LogP contribution in [0.1, 0.15) is 41.9 Å². The molecule has 6 nitrogen and oxygen atoms in total. The van der Waals surface area contributed by atoms with Gasteiger partial charge in [-0.3, -0.25) is 4.79 Å². The summed E-state index contributed by atoms with van der Waals surface area (Å²) in [7, 11) is 0. The monoisotopic (exact) mass is 425 g/mol. The van der Waals surface area contributed by atoms with Gasteiger partial charge < -0.3 is 10.7 Å². The van der Waals surface area contributed by atoms with Crippen molar-refractivity contribution in [2.75, 3.05) is 10.7 Å². The van der Waals surface area contributed by atoms with Gasteiger partial charge in [0.25, 0.3) is 0 Å². The zero-order valence-corrected chi connectivity index (χ0v) is 18.0. The fourth-order valence-corrected chi connectivity index (χ4v) is 4.66. The minimum absolute atomic E-state index is 0.139. The molecule has 1 amide bonds. The molecule has 2 atom stereocenters. The number of carbonyl (C=O) groups excluding carboxylic acids is 1. The van der Waals surface area contributed by atoms with Gasteiger partial charge >= 0.3 is 0 Å². The lowest BCUT2D eigenvalue weighted by Gasteiger charge is -2.33. The number of thioether (sulfide) groups is 1. The van der Waals surface area contributed by atoms with Crippen LogP contribution in [0.5, 0.6) is 0 Å². The summed E-state index contributed by atoms with van der Waals surface area (Å²) in [6, 6.07) is 11.8. The van der Waals surface area contributed by atoms with Gasteiger partial charge in [-0.25, -0.2) is 9.07 Å². The molecule has 0 fully saturated rings. The first-order chi connectivity index (χ1) is 14.5. The molecule has 3 aromatic rings. The molecule has 8 heteroatoms. The third kappa shape index (κ3) is 4.05. The van der Waals surface area contributed by atoms with E-state index < -0.39 is 5.25 Å². The van der Waals surface area contributed by atoms with Crippen molar-refractivity contribution in [3.05, 3.63) is 70.8 Å². The number of amides is 1. The third-order valence-electron chi connectivity index (χ3n) is 5.10. The van der Waals surface area contributed by atoms with Crippen LogP contribution in [0.15, 0.2) is 47.6 Å². The molecule has 0 saturated carbocycles. The summed E-state index contributed by atoms with van der Waals surface area (Å²) in [5.41, 5.74) is 7.14. The Kier molecular flexibility index (Phi) is 5.76. The van der Waals surface area contributed by atoms with Crippen LogP contribution >= 0.6 is 11.8 Å². The molecule has 0 saturated heterocycles. The minimum Gasteiger partial charge on any atom is -0.325 e. The lowest BCUT2D eigenvalue weighted by molar-refractivity contribution is -0.116. The average Bonchev–Trinajstić information content (AvgIpc) is 3.12. The molecular formula is C22H24FN5OS. The minimum atomic E-state index is -0.498. The molecule has 0 bridgehead atoms. The Hall–Kier alpha value is -2.87. The van der Waals surface area contributed by atoms with E-state index in [4.69, 9.17) is 0 Å². The summed E-state index contributed by atoms with van der Waals surface area (Å²) in [5, 5.41) is 11.7. The van der Waals surface area contributed by atoms with E-state index >= 15 is 0 Å². The van der Waals surface area contributed by atoms with Gasteiger partial charge in [-0.1, -0.05) is 48.5 Å². The van der Waals surface area contributed by atoms with Crippen LogP contribution in [0.25, 0.3) is 0 Å². The van der Waals surface area contributed by atoms with Gasteiger partial charge in [0.1, 0.15) is 11.1 Å². The Bertz CT molecular complexity index is 1070. The Morgan fingerprint density at radius 2 is 1.97 bits per heavy atom. The Labute approximate surface area is 179 Å². The van der Waals surface area contributed by atoms with Crippen LogP contribution in [-0.2, 0) is 11.2 Å². The van der Waals surface area contributed by atoms with E-state index in [1.54, 1.807) is 12.1 Å². The largest absolute Gasteiger partial charge is 0.325 e. The molecule has 0 radical (unpaired) electrons. The molecule has 0 spiro atoms. The zero-order chi connectivity index (χ0) is 21.3. The molecule has 1 aromatic heterocycles. The first kappa shape index (κ1) is 20.4. The molecule has 1 aliphatic heterocycles. The summed E-state index contributed by atoms with van der Waals surface area (Å²) in [6.07, 6.45) is 1.71. The van der Waals surface area contributed by atoms with Gasteiger partial charge in [-0.2, -0.15) is 0 Å². The Balaban J connectivity index is 1.67. The van der Waals surface area contributed by atoms with Crippen LogP contribution in [0, 0.1) is 19.7 Å². The molecule has 1 aliphatic rings. The summed E-state index contributed by atoms with van der Waals surface area (Å²) < 4.78 is 15.3. The normalized spacial score (nSPS) is 17.9. The van der Waals surface area contributed by atoms with Crippen molar-refractivity contribution in [2.45, 2.75) is 50.1 Å². The third-order valence-corrected chi connectivity index (χ3v) is 6.32. The van der Waals surface area contributed by atoms with Crippen molar-refractivity contribution in [1.82, 2.24) is 14.9 Å². The van der Waals surface area contributed by atoms with Crippen LogP contribution in [0.2, 0.25) is 0 Å². The Morgan fingerprint density at radius 1 is 1.20 bits per heavy atom. The topological polar surface area (TPSA) is 71.8 Å². The van der Waals surface area contributed by atoms with E-state index in [9.17, 15) is 9.18 Å². The first-order valence-electron chi connectivity index (χ1n) is 9.97. The van der Waals surface area contributed by atoms with Gasteiger partial charge in [-0.15, -0.1) is 10.2 Å². The number of anilines is 1. The number of aromatic nitrogens is 3. The Morgan fingerprint density at radius 3 is 2.67 bits per heavy atom. The molecule has 4 rings (SSSR count). The average molecular weight is 426 g/mol. The summed E-state index contributed by atoms with van der Waals surface area (Å²) in [5.74, 6) is 0.371. The van der Waals surface area contributed by atoms with Crippen molar-refractivity contribution >= 4 is 23.4 Å². The highest BCUT2D eigenvalue weighted by atomic mass is 32.2. The second kappa shape index (κ2) is 8.47. The first-order valence-corrected chi connectivity index (χ1v) is 10.9. The van der Waals surface area contributed by atoms with Gasteiger partial charge in [0.05, 0.1) is 6.04 Å². The number of benzene rings is 2. The fraction of sp³-hybridized carbons (Fsp3) is 0.318. The lowest BCUT2D eigenvalue weighted by atomic mass is 10.0. The van der Waals surface area contributed by atoms with E-state index in [0.29, 0.717) is 5.16 Å². The number of aryl methyl sites for hydroxylation is 3. The van der Waals surface area contributed by atoms with E-state index in [0.717, 1.165) is 41.0 Å². The lowest BCUT2D eigenvalue weighted by Crippen LogP contribution is -2.41. The number of halogens is 1.